The number of nitrogens with one attached hydrogen (secondary N) is 1. The minimum absolute atomic E-state index is 0.359. The Bertz CT molecular complexity index is 1620. The topological polar surface area (TPSA) is 115 Å². The van der Waals surface area contributed by atoms with Gasteiger partial charge in [0.1, 0.15) is 17.2 Å². The second-order valence-electron chi connectivity index (χ2n) is 9.20. The van der Waals surface area contributed by atoms with Crippen molar-refractivity contribution in [2.24, 2.45) is 0 Å². The van der Waals surface area contributed by atoms with E-state index in [-0.39, 0.29) is 0 Å². The lowest BCUT2D eigenvalue weighted by atomic mass is 10.1. The van der Waals surface area contributed by atoms with Crippen LogP contribution in [-0.4, -0.2) is 55.4 Å². The number of nitrogens with two attached hydrogens (primary N) is 1. The number of rotatable bonds is 12. The lowest BCUT2D eigenvalue weighted by Crippen LogP contribution is -2.32. The van der Waals surface area contributed by atoms with Gasteiger partial charge in [0.25, 0.3) is 0 Å². The highest BCUT2D eigenvalue weighted by molar-refractivity contribution is 5.84. The van der Waals surface area contributed by atoms with E-state index in [1.807, 2.05) is 60.9 Å². The van der Waals surface area contributed by atoms with Gasteiger partial charge in [0.05, 0.1) is 23.1 Å². The van der Waals surface area contributed by atoms with Crippen LogP contribution in [0.25, 0.3) is 39.6 Å². The van der Waals surface area contributed by atoms with Gasteiger partial charge in [0, 0.05) is 38.1 Å². The Hall–Kier alpha value is -4.96. The molecule has 5 aromatic rings. The molecule has 10 heteroatoms. The number of aromatic nitrogens is 5. The van der Waals surface area contributed by atoms with E-state index in [0.29, 0.717) is 52.7 Å². The lowest BCUT2D eigenvalue weighted by Gasteiger charge is -2.22. The van der Waals surface area contributed by atoms with Crippen molar-refractivity contribution < 1.29 is 9.18 Å². The number of hydrogen-bond acceptors (Lipinski definition) is 7. The number of anilines is 1. The lowest BCUT2D eigenvalue weighted by molar-refractivity contribution is -0.109. The van der Waals surface area contributed by atoms with Crippen molar-refractivity contribution in [1.29, 1.82) is 0 Å². The summed E-state index contributed by atoms with van der Waals surface area (Å²) in [6.07, 6.45) is 6.27. The van der Waals surface area contributed by atoms with Crippen LogP contribution in [0.2, 0.25) is 0 Å². The Morgan fingerprint density at radius 2 is 1.79 bits per heavy atom. The van der Waals surface area contributed by atoms with E-state index in [1.54, 1.807) is 12.3 Å². The Labute approximate surface area is 245 Å². The van der Waals surface area contributed by atoms with E-state index >= 15 is 0 Å². The molecule has 42 heavy (non-hydrogen) atoms. The molecule has 216 valence electrons. The second kappa shape index (κ2) is 14.6. The van der Waals surface area contributed by atoms with Gasteiger partial charge in [0.15, 0.2) is 11.5 Å². The molecule has 0 aliphatic carbocycles. The number of amides is 1. The van der Waals surface area contributed by atoms with Crippen molar-refractivity contribution in [3.05, 3.63) is 97.1 Å². The summed E-state index contributed by atoms with van der Waals surface area (Å²) in [5.74, 6) is 0.558. The monoisotopic (exact) mass is 566 g/mol. The molecule has 0 radical (unpaired) electrons. The fourth-order valence-corrected chi connectivity index (χ4v) is 4.49. The smallest absolute Gasteiger partial charge is 0.207 e. The first kappa shape index (κ1) is 30.0. The number of carbonyl (C=O) groups excluding carboxylic acids is 1. The van der Waals surface area contributed by atoms with Crippen LogP contribution in [0.5, 0.6) is 0 Å². The highest BCUT2D eigenvalue weighted by Crippen LogP contribution is 2.31. The molecule has 5 rings (SSSR count). The van der Waals surface area contributed by atoms with Gasteiger partial charge in [-0.3, -0.25) is 19.2 Å². The molecule has 0 saturated carbocycles. The van der Waals surface area contributed by atoms with Gasteiger partial charge in [-0.05, 0) is 60.5 Å². The van der Waals surface area contributed by atoms with Gasteiger partial charge in [-0.1, -0.05) is 32.1 Å². The zero-order valence-electron chi connectivity index (χ0n) is 23.9. The first-order valence-corrected chi connectivity index (χ1v) is 13.9. The van der Waals surface area contributed by atoms with Crippen LogP contribution in [0, 0.1) is 5.82 Å². The van der Waals surface area contributed by atoms with E-state index in [1.165, 1.54) is 12.3 Å². The molecule has 0 spiro atoms. The van der Waals surface area contributed by atoms with Crippen LogP contribution in [0.3, 0.4) is 0 Å². The molecule has 0 aliphatic heterocycles. The number of imidazole rings is 1. The molecule has 4 heterocycles. The average Bonchev–Trinajstić information content (AvgIpc) is 3.40. The number of carbonyl (C=O) groups is 1. The minimum atomic E-state index is -0.410. The van der Waals surface area contributed by atoms with Gasteiger partial charge in [0.2, 0.25) is 6.41 Å². The van der Waals surface area contributed by atoms with Gasteiger partial charge in [-0.2, -0.15) is 0 Å². The molecule has 0 aliphatic rings. The van der Waals surface area contributed by atoms with Crippen molar-refractivity contribution in [1.82, 2.24) is 34.7 Å². The molecule has 3 N–H and O–H groups in total. The molecule has 0 fully saturated rings. The largest absolute Gasteiger partial charge is 0.383 e. The highest BCUT2D eigenvalue weighted by atomic mass is 19.1. The van der Waals surface area contributed by atoms with Crippen molar-refractivity contribution >= 4 is 23.4 Å². The van der Waals surface area contributed by atoms with Crippen LogP contribution in [0.1, 0.15) is 25.8 Å². The number of nitrogens with zero attached hydrogens (tertiary/aromatic N) is 6. The summed E-state index contributed by atoms with van der Waals surface area (Å²) in [7, 11) is 0. The average molecular weight is 567 g/mol. The zero-order valence-corrected chi connectivity index (χ0v) is 23.9. The van der Waals surface area contributed by atoms with Gasteiger partial charge in [-0.25, -0.2) is 19.3 Å². The Morgan fingerprint density at radius 3 is 2.48 bits per heavy atom. The summed E-state index contributed by atoms with van der Waals surface area (Å²) in [6, 6.07) is 18.5. The second-order valence-corrected chi connectivity index (χ2v) is 9.20. The molecule has 0 unspecified atom stereocenters. The van der Waals surface area contributed by atoms with Crippen LogP contribution >= 0.6 is 0 Å². The fourth-order valence-electron chi connectivity index (χ4n) is 4.49. The quantitative estimate of drug-likeness (QED) is 0.118. The fraction of sp³-hybridized carbons (Fsp3) is 0.219. The molecular formula is C32H35FN8O. The number of hydrogen-bond donors (Lipinski definition) is 2. The number of fused-ring (bicyclic) bond motifs is 1. The van der Waals surface area contributed by atoms with E-state index in [9.17, 15) is 9.18 Å². The molecule has 4 aromatic heterocycles. The Balaban J connectivity index is 0.00000198. The maximum atomic E-state index is 13.5. The standard InChI is InChI=1S/C30H29FN8O.C2H6/c1-2-3-16-38(17-15-33-20-40)19-21-6-9-23(10-7-21)39-29(24-5-4-14-34-28(24)32)37-27-13-12-26(36-30(27)39)25-11-8-22(31)18-35-25;1-2/h2,4-14,18,20H,1,3,15-17,19H2,(H2,32,34)(H,33,40);1-2H3. The third-order valence-corrected chi connectivity index (χ3v) is 6.48. The van der Waals surface area contributed by atoms with Crippen LogP contribution in [0.4, 0.5) is 10.2 Å². The third-order valence-electron chi connectivity index (χ3n) is 6.48. The summed E-state index contributed by atoms with van der Waals surface area (Å²) in [4.78, 5) is 31.1. The molecule has 0 saturated heterocycles. The first-order valence-electron chi connectivity index (χ1n) is 13.9. The van der Waals surface area contributed by atoms with E-state index < -0.39 is 5.82 Å². The number of pyridine rings is 3. The first-order chi connectivity index (χ1) is 20.6. The van der Waals surface area contributed by atoms with Crippen molar-refractivity contribution in [3.8, 4) is 28.5 Å². The highest BCUT2D eigenvalue weighted by Gasteiger charge is 2.19. The molecule has 0 atom stereocenters. The minimum Gasteiger partial charge on any atom is -0.383 e. The summed E-state index contributed by atoms with van der Waals surface area (Å²) in [5, 5.41) is 2.73. The maximum Gasteiger partial charge on any atom is 0.207 e. The molecular weight excluding hydrogens is 531 g/mol. The summed E-state index contributed by atoms with van der Waals surface area (Å²) in [5.41, 5.74) is 11.3. The number of halogens is 1. The van der Waals surface area contributed by atoms with E-state index in [4.69, 9.17) is 15.7 Å². The Kier molecular flexibility index (Phi) is 10.4. The predicted octanol–water partition coefficient (Wildman–Crippen LogP) is 5.42. The molecule has 9 nitrogen and oxygen atoms in total. The third kappa shape index (κ3) is 7.02. The van der Waals surface area contributed by atoms with Crippen LogP contribution in [-0.2, 0) is 11.3 Å². The summed E-state index contributed by atoms with van der Waals surface area (Å²) >= 11 is 0. The number of benzene rings is 1. The van der Waals surface area contributed by atoms with E-state index in [0.717, 1.165) is 37.3 Å². The normalized spacial score (nSPS) is 10.8. The molecule has 0 bridgehead atoms. The van der Waals surface area contributed by atoms with Gasteiger partial charge in [-0.15, -0.1) is 6.58 Å². The van der Waals surface area contributed by atoms with Gasteiger partial charge < -0.3 is 11.1 Å². The van der Waals surface area contributed by atoms with Crippen molar-refractivity contribution in [2.75, 3.05) is 25.4 Å². The number of nitrogen functional groups attached to an aromatic ring is 1. The van der Waals surface area contributed by atoms with Crippen molar-refractivity contribution in [2.45, 2.75) is 26.8 Å². The zero-order chi connectivity index (χ0) is 29.9. The van der Waals surface area contributed by atoms with Gasteiger partial charge >= 0.3 is 0 Å². The Morgan fingerprint density at radius 1 is 1.00 bits per heavy atom. The summed E-state index contributed by atoms with van der Waals surface area (Å²) < 4.78 is 15.4. The molecule has 1 aromatic carbocycles. The predicted molar refractivity (Wildman–Crippen MR) is 165 cm³/mol. The SMILES string of the molecule is C=CCCN(CCNC=O)Cc1ccc(-n2c(-c3cccnc3N)nc3ccc(-c4ccc(F)cn4)nc32)cc1.CC. The van der Waals surface area contributed by atoms with Crippen LogP contribution in [0.15, 0.2) is 85.7 Å². The molecule has 1 amide bonds. The van der Waals surface area contributed by atoms with E-state index in [2.05, 4.69) is 38.9 Å². The summed E-state index contributed by atoms with van der Waals surface area (Å²) in [6.45, 7) is 10.7. The maximum absolute atomic E-state index is 13.5. The van der Waals surface area contributed by atoms with Crippen LogP contribution < -0.4 is 11.1 Å². The van der Waals surface area contributed by atoms with Crippen molar-refractivity contribution in [3.63, 3.8) is 0 Å².